The van der Waals surface area contributed by atoms with Gasteiger partial charge in [0.15, 0.2) is 0 Å². The average Bonchev–Trinajstić information content (AvgIpc) is 2.94. The van der Waals surface area contributed by atoms with Crippen molar-refractivity contribution in [3.05, 3.63) is 27.1 Å². The van der Waals surface area contributed by atoms with Gasteiger partial charge in [-0.25, -0.2) is 0 Å². The molecule has 1 fully saturated rings. The summed E-state index contributed by atoms with van der Waals surface area (Å²) in [5.74, 6) is -0.0739. The van der Waals surface area contributed by atoms with Gasteiger partial charge in [0.1, 0.15) is 0 Å². The second-order valence-corrected chi connectivity index (χ2v) is 5.86. The van der Waals surface area contributed by atoms with Crippen LogP contribution in [0.3, 0.4) is 0 Å². The van der Waals surface area contributed by atoms with Gasteiger partial charge in [0, 0.05) is 24.0 Å². The fourth-order valence-electron chi connectivity index (χ4n) is 2.58. The van der Waals surface area contributed by atoms with Crippen LogP contribution in [-0.4, -0.2) is 41.9 Å². The Bertz CT molecular complexity index is 489. The molecule has 1 aromatic rings. The molecule has 6 nitrogen and oxygen atoms in total. The van der Waals surface area contributed by atoms with Crippen LogP contribution in [0.5, 0.6) is 0 Å². The molecule has 1 N–H and O–H groups in total. The number of thiophene rings is 1. The Morgan fingerprint density at radius 3 is 3.05 bits per heavy atom. The van der Waals surface area contributed by atoms with Gasteiger partial charge in [-0.3, -0.25) is 14.9 Å². The van der Waals surface area contributed by atoms with Crippen molar-refractivity contribution in [1.29, 1.82) is 0 Å². The number of hydrogen-bond acceptors (Lipinski definition) is 5. The van der Waals surface area contributed by atoms with Gasteiger partial charge < -0.3 is 10.2 Å². The van der Waals surface area contributed by atoms with Crippen molar-refractivity contribution >= 4 is 22.2 Å². The van der Waals surface area contributed by atoms with E-state index in [0.717, 1.165) is 50.1 Å². The molecule has 0 bridgehead atoms. The molecule has 0 aromatic carbocycles. The second kappa shape index (κ2) is 6.81. The lowest BCUT2D eigenvalue weighted by atomic mass is 9.98. The second-order valence-electron chi connectivity index (χ2n) is 4.97. The van der Waals surface area contributed by atoms with E-state index in [1.54, 1.807) is 5.38 Å². The minimum Gasteiger partial charge on any atom is -0.336 e. The van der Waals surface area contributed by atoms with E-state index in [2.05, 4.69) is 5.32 Å². The Hall–Kier alpha value is -1.47. The molecule has 2 rings (SSSR count). The average molecular weight is 297 g/mol. The first-order valence-corrected chi connectivity index (χ1v) is 7.70. The third kappa shape index (κ3) is 3.34. The fraction of sp³-hybridized carbons (Fsp3) is 0.615. The molecule has 1 aliphatic heterocycles. The first kappa shape index (κ1) is 14.9. The largest absolute Gasteiger partial charge is 0.336 e. The van der Waals surface area contributed by atoms with Crippen LogP contribution in [0.25, 0.3) is 0 Å². The number of hydrogen-bond donors (Lipinski definition) is 1. The van der Waals surface area contributed by atoms with Crippen LogP contribution in [0.4, 0.5) is 5.00 Å². The number of nitrogens with one attached hydrogen (secondary N) is 1. The first-order chi connectivity index (χ1) is 9.63. The van der Waals surface area contributed by atoms with E-state index in [-0.39, 0.29) is 17.0 Å². The molecule has 20 heavy (non-hydrogen) atoms. The van der Waals surface area contributed by atoms with Crippen molar-refractivity contribution in [1.82, 2.24) is 10.2 Å². The van der Waals surface area contributed by atoms with Crippen molar-refractivity contribution in [2.45, 2.75) is 31.7 Å². The molecule has 110 valence electrons. The van der Waals surface area contributed by atoms with Gasteiger partial charge >= 0.3 is 5.00 Å². The van der Waals surface area contributed by atoms with E-state index < -0.39 is 4.92 Å². The van der Waals surface area contributed by atoms with E-state index in [9.17, 15) is 14.9 Å². The molecule has 0 radical (unpaired) electrons. The highest BCUT2D eigenvalue weighted by molar-refractivity contribution is 7.13. The van der Waals surface area contributed by atoms with Crippen LogP contribution in [0.15, 0.2) is 11.4 Å². The number of nitrogens with zero attached hydrogens (tertiary/aromatic N) is 2. The normalized spacial score (nSPS) is 19.1. The maximum atomic E-state index is 12.5. The highest BCUT2D eigenvalue weighted by atomic mass is 32.1. The summed E-state index contributed by atoms with van der Waals surface area (Å²) in [6, 6.07) is 1.62. The molecule has 1 atom stereocenters. The molecule has 1 aliphatic rings. The number of carbonyl (C=O) groups excluding carboxylic acids is 1. The van der Waals surface area contributed by atoms with Crippen molar-refractivity contribution in [2.24, 2.45) is 0 Å². The fourth-order valence-corrected chi connectivity index (χ4v) is 3.28. The summed E-state index contributed by atoms with van der Waals surface area (Å²) in [7, 11) is 1.90. The Morgan fingerprint density at radius 1 is 1.60 bits per heavy atom. The molecule has 1 saturated heterocycles. The number of nitro groups is 1. The lowest BCUT2D eigenvalue weighted by Crippen LogP contribution is -2.44. The van der Waals surface area contributed by atoms with E-state index in [0.29, 0.717) is 5.56 Å². The molecule has 7 heteroatoms. The highest BCUT2D eigenvalue weighted by Crippen LogP contribution is 2.27. The van der Waals surface area contributed by atoms with Crippen molar-refractivity contribution in [3.63, 3.8) is 0 Å². The topological polar surface area (TPSA) is 75.5 Å². The van der Waals surface area contributed by atoms with Crippen molar-refractivity contribution < 1.29 is 9.72 Å². The molecular formula is C13H19N3O3S. The zero-order chi connectivity index (χ0) is 14.5. The Morgan fingerprint density at radius 2 is 2.40 bits per heavy atom. The smallest absolute Gasteiger partial charge is 0.324 e. The number of carbonyl (C=O) groups is 1. The van der Waals surface area contributed by atoms with Crippen LogP contribution in [0.2, 0.25) is 0 Å². The quantitative estimate of drug-likeness (QED) is 0.668. The molecule has 2 heterocycles. The minimum absolute atomic E-state index is 0.0251. The van der Waals surface area contributed by atoms with Crippen LogP contribution in [-0.2, 0) is 0 Å². The molecule has 1 unspecified atom stereocenters. The molecule has 1 aromatic heterocycles. The molecular weight excluding hydrogens is 278 g/mol. The number of rotatable bonds is 5. The van der Waals surface area contributed by atoms with Crippen molar-refractivity contribution in [3.8, 4) is 0 Å². The number of piperidine rings is 1. The zero-order valence-electron chi connectivity index (χ0n) is 11.5. The Labute approximate surface area is 121 Å². The first-order valence-electron chi connectivity index (χ1n) is 6.82. The Kier molecular flexibility index (Phi) is 5.08. The van der Waals surface area contributed by atoms with E-state index in [4.69, 9.17) is 0 Å². The molecule has 1 amide bonds. The van der Waals surface area contributed by atoms with Crippen LogP contribution in [0, 0.1) is 10.1 Å². The number of likely N-dealkylation sites (tertiary alicyclic amines) is 1. The van der Waals surface area contributed by atoms with Gasteiger partial charge in [0.25, 0.3) is 5.91 Å². The highest BCUT2D eigenvalue weighted by Gasteiger charge is 2.28. The predicted octanol–water partition coefficient (Wildman–Crippen LogP) is 2.26. The van der Waals surface area contributed by atoms with Gasteiger partial charge in [0.2, 0.25) is 0 Å². The minimum atomic E-state index is -0.448. The molecule has 0 saturated carbocycles. The lowest BCUT2D eigenvalue weighted by Gasteiger charge is -2.35. The standard InChI is InChI=1S/C13H19N3O3S/c1-14-6-5-11-4-2-3-7-15(11)13(17)10-8-12(16(18)19)20-9-10/h8-9,11,14H,2-7H2,1H3. The monoisotopic (exact) mass is 297 g/mol. The lowest BCUT2D eigenvalue weighted by molar-refractivity contribution is -0.380. The zero-order valence-corrected chi connectivity index (χ0v) is 12.3. The van der Waals surface area contributed by atoms with Crippen LogP contribution >= 0.6 is 11.3 Å². The summed E-state index contributed by atoms with van der Waals surface area (Å²) < 4.78 is 0. The van der Waals surface area contributed by atoms with E-state index in [1.165, 1.54) is 6.07 Å². The van der Waals surface area contributed by atoms with Gasteiger partial charge in [-0.1, -0.05) is 11.3 Å². The SMILES string of the molecule is CNCCC1CCCCN1C(=O)c1csc([N+](=O)[O-])c1. The number of amides is 1. The third-order valence-corrected chi connectivity index (χ3v) is 4.51. The van der Waals surface area contributed by atoms with Crippen LogP contribution < -0.4 is 5.32 Å². The predicted molar refractivity (Wildman–Crippen MR) is 78.2 cm³/mol. The summed E-state index contributed by atoms with van der Waals surface area (Å²) in [5.41, 5.74) is 0.443. The van der Waals surface area contributed by atoms with Gasteiger partial charge in [0.05, 0.1) is 10.5 Å². The third-order valence-electron chi connectivity index (χ3n) is 3.63. The van der Waals surface area contributed by atoms with Crippen molar-refractivity contribution in [2.75, 3.05) is 20.1 Å². The summed E-state index contributed by atoms with van der Waals surface area (Å²) in [4.78, 5) is 24.6. The summed E-state index contributed by atoms with van der Waals surface area (Å²) in [6.07, 6.45) is 4.09. The van der Waals surface area contributed by atoms with Gasteiger partial charge in [-0.15, -0.1) is 0 Å². The summed E-state index contributed by atoms with van der Waals surface area (Å²) in [6.45, 7) is 1.62. The van der Waals surface area contributed by atoms with E-state index >= 15 is 0 Å². The summed E-state index contributed by atoms with van der Waals surface area (Å²) >= 11 is 1.01. The molecule has 0 spiro atoms. The summed E-state index contributed by atoms with van der Waals surface area (Å²) in [5, 5.41) is 15.4. The van der Waals surface area contributed by atoms with Gasteiger partial charge in [-0.2, -0.15) is 0 Å². The molecule has 0 aliphatic carbocycles. The maximum Gasteiger partial charge on any atom is 0.324 e. The van der Waals surface area contributed by atoms with Crippen LogP contribution in [0.1, 0.15) is 36.0 Å². The maximum absolute atomic E-state index is 12.5. The van der Waals surface area contributed by atoms with Gasteiger partial charge in [-0.05, 0) is 39.3 Å². The Balaban J connectivity index is 2.09. The van der Waals surface area contributed by atoms with E-state index in [1.807, 2.05) is 11.9 Å².